The van der Waals surface area contributed by atoms with Crippen molar-refractivity contribution in [2.45, 2.75) is 20.0 Å². The molecule has 0 saturated heterocycles. The molecule has 1 N–H and O–H groups in total. The van der Waals surface area contributed by atoms with E-state index in [1.54, 1.807) is 0 Å². The third-order valence-corrected chi connectivity index (χ3v) is 3.30. The van der Waals surface area contributed by atoms with E-state index in [0.717, 1.165) is 18.0 Å². The number of ether oxygens (including phenoxy) is 1. The van der Waals surface area contributed by atoms with Crippen LogP contribution < -0.4 is 10.1 Å². The van der Waals surface area contributed by atoms with Crippen LogP contribution in [0.15, 0.2) is 42.5 Å². The van der Waals surface area contributed by atoms with Gasteiger partial charge in [-0.25, -0.2) is 0 Å². The molecule has 1 aliphatic rings. The molecule has 0 fully saturated rings. The van der Waals surface area contributed by atoms with Crippen LogP contribution in [-0.4, -0.2) is 6.54 Å². The van der Waals surface area contributed by atoms with Gasteiger partial charge in [0.05, 0.1) is 12.2 Å². The van der Waals surface area contributed by atoms with Gasteiger partial charge in [0.15, 0.2) is 0 Å². The molecule has 0 radical (unpaired) electrons. The van der Waals surface area contributed by atoms with Crippen molar-refractivity contribution in [2.75, 3.05) is 11.9 Å². The van der Waals surface area contributed by atoms with Gasteiger partial charge in [0, 0.05) is 0 Å². The predicted octanol–water partition coefficient (Wildman–Crippen LogP) is 3.85. The van der Waals surface area contributed by atoms with Crippen molar-refractivity contribution in [3.8, 4) is 5.75 Å². The SMILES string of the molecule is Cc1cccc(C2CNc3ccc(C)cc3O2)c1. The average molecular weight is 239 g/mol. The molecule has 92 valence electrons. The Bertz CT molecular complexity index is 577. The molecule has 2 aromatic carbocycles. The van der Waals surface area contributed by atoms with Gasteiger partial charge in [0.2, 0.25) is 0 Å². The fraction of sp³-hybridized carbons (Fsp3) is 0.250. The Kier molecular flexibility index (Phi) is 2.71. The van der Waals surface area contributed by atoms with E-state index in [-0.39, 0.29) is 6.10 Å². The van der Waals surface area contributed by atoms with Crippen LogP contribution in [0.5, 0.6) is 5.75 Å². The fourth-order valence-electron chi connectivity index (χ4n) is 2.33. The van der Waals surface area contributed by atoms with Gasteiger partial charge in [-0.05, 0) is 37.1 Å². The first-order chi connectivity index (χ1) is 8.72. The first-order valence-corrected chi connectivity index (χ1v) is 6.30. The highest BCUT2D eigenvalue weighted by molar-refractivity contribution is 5.59. The molecular formula is C16H17NO. The summed E-state index contributed by atoms with van der Waals surface area (Å²) in [5, 5.41) is 3.43. The lowest BCUT2D eigenvalue weighted by atomic mass is 10.0. The largest absolute Gasteiger partial charge is 0.482 e. The highest BCUT2D eigenvalue weighted by Gasteiger charge is 2.20. The first-order valence-electron chi connectivity index (χ1n) is 6.30. The van der Waals surface area contributed by atoms with E-state index in [1.165, 1.54) is 16.7 Å². The lowest BCUT2D eigenvalue weighted by Crippen LogP contribution is -2.23. The molecule has 0 saturated carbocycles. The van der Waals surface area contributed by atoms with Gasteiger partial charge in [0.25, 0.3) is 0 Å². The summed E-state index contributed by atoms with van der Waals surface area (Å²) in [5.41, 5.74) is 4.81. The topological polar surface area (TPSA) is 21.3 Å². The summed E-state index contributed by atoms with van der Waals surface area (Å²) >= 11 is 0. The minimum atomic E-state index is 0.0965. The Morgan fingerprint density at radius 3 is 2.72 bits per heavy atom. The second-order valence-corrected chi connectivity index (χ2v) is 4.90. The van der Waals surface area contributed by atoms with E-state index in [1.807, 2.05) is 0 Å². The molecule has 0 bridgehead atoms. The van der Waals surface area contributed by atoms with Crippen molar-refractivity contribution in [2.24, 2.45) is 0 Å². The average Bonchev–Trinajstić information content (AvgIpc) is 2.38. The summed E-state index contributed by atoms with van der Waals surface area (Å²) in [6, 6.07) is 14.8. The summed E-state index contributed by atoms with van der Waals surface area (Å²) < 4.78 is 6.09. The van der Waals surface area contributed by atoms with E-state index in [0.29, 0.717) is 0 Å². The zero-order valence-corrected chi connectivity index (χ0v) is 10.7. The standard InChI is InChI=1S/C16H17NO/c1-11-4-3-5-13(8-11)16-10-17-14-7-6-12(2)9-15(14)18-16/h3-9,16-17H,10H2,1-2H3. The van der Waals surface area contributed by atoms with Gasteiger partial charge in [-0.3, -0.25) is 0 Å². The maximum Gasteiger partial charge on any atom is 0.143 e. The van der Waals surface area contributed by atoms with Crippen LogP contribution >= 0.6 is 0 Å². The van der Waals surface area contributed by atoms with E-state index in [9.17, 15) is 0 Å². The van der Waals surface area contributed by atoms with Crippen molar-refractivity contribution in [1.82, 2.24) is 0 Å². The number of anilines is 1. The van der Waals surface area contributed by atoms with E-state index in [4.69, 9.17) is 4.74 Å². The van der Waals surface area contributed by atoms with E-state index < -0.39 is 0 Å². The maximum absolute atomic E-state index is 6.09. The lowest BCUT2D eigenvalue weighted by molar-refractivity contribution is 0.210. The lowest BCUT2D eigenvalue weighted by Gasteiger charge is -2.28. The normalized spacial score (nSPS) is 17.6. The molecule has 2 nitrogen and oxygen atoms in total. The van der Waals surface area contributed by atoms with E-state index >= 15 is 0 Å². The molecule has 0 aliphatic carbocycles. The highest BCUT2D eigenvalue weighted by Crippen LogP contribution is 2.34. The van der Waals surface area contributed by atoms with Gasteiger partial charge in [-0.15, -0.1) is 0 Å². The van der Waals surface area contributed by atoms with Gasteiger partial charge >= 0.3 is 0 Å². The predicted molar refractivity (Wildman–Crippen MR) is 74.2 cm³/mol. The van der Waals surface area contributed by atoms with Gasteiger partial charge < -0.3 is 10.1 Å². The van der Waals surface area contributed by atoms with Crippen molar-refractivity contribution in [3.63, 3.8) is 0 Å². The summed E-state index contributed by atoms with van der Waals surface area (Å²) in [6.07, 6.45) is 0.0965. The van der Waals surface area contributed by atoms with Crippen LogP contribution in [0.25, 0.3) is 0 Å². The summed E-state index contributed by atoms with van der Waals surface area (Å²) in [6.45, 7) is 5.01. The fourth-order valence-corrected chi connectivity index (χ4v) is 2.33. The van der Waals surface area contributed by atoms with Gasteiger partial charge in [-0.1, -0.05) is 35.9 Å². The number of hydrogen-bond donors (Lipinski definition) is 1. The Hall–Kier alpha value is -1.96. The number of nitrogens with one attached hydrogen (secondary N) is 1. The highest BCUT2D eigenvalue weighted by atomic mass is 16.5. The van der Waals surface area contributed by atoms with Crippen LogP contribution in [0, 0.1) is 13.8 Å². The molecule has 1 aliphatic heterocycles. The van der Waals surface area contributed by atoms with Crippen LogP contribution in [0.2, 0.25) is 0 Å². The number of hydrogen-bond acceptors (Lipinski definition) is 2. The maximum atomic E-state index is 6.09. The smallest absolute Gasteiger partial charge is 0.143 e. The van der Waals surface area contributed by atoms with Crippen LogP contribution in [-0.2, 0) is 0 Å². The second kappa shape index (κ2) is 4.37. The molecule has 2 heteroatoms. The summed E-state index contributed by atoms with van der Waals surface area (Å²) in [7, 11) is 0. The molecule has 1 heterocycles. The van der Waals surface area contributed by atoms with Gasteiger partial charge in [-0.2, -0.15) is 0 Å². The van der Waals surface area contributed by atoms with Crippen LogP contribution in [0.1, 0.15) is 22.8 Å². The van der Waals surface area contributed by atoms with Crippen molar-refractivity contribution >= 4 is 5.69 Å². The molecule has 3 rings (SSSR count). The summed E-state index contributed by atoms with van der Waals surface area (Å²) in [5.74, 6) is 0.952. The zero-order chi connectivity index (χ0) is 12.5. The number of benzene rings is 2. The molecule has 1 unspecified atom stereocenters. The minimum absolute atomic E-state index is 0.0965. The summed E-state index contributed by atoms with van der Waals surface area (Å²) in [4.78, 5) is 0. The minimum Gasteiger partial charge on any atom is -0.482 e. The Labute approximate surface area is 108 Å². The van der Waals surface area contributed by atoms with Crippen molar-refractivity contribution < 1.29 is 4.74 Å². The van der Waals surface area contributed by atoms with Crippen molar-refractivity contribution in [1.29, 1.82) is 0 Å². The molecule has 2 aromatic rings. The van der Waals surface area contributed by atoms with Crippen molar-refractivity contribution in [3.05, 3.63) is 59.2 Å². The third-order valence-electron chi connectivity index (χ3n) is 3.30. The van der Waals surface area contributed by atoms with E-state index in [2.05, 4.69) is 61.6 Å². The molecule has 18 heavy (non-hydrogen) atoms. The molecular weight excluding hydrogens is 222 g/mol. The molecule has 0 aromatic heterocycles. The third kappa shape index (κ3) is 2.06. The van der Waals surface area contributed by atoms with Crippen LogP contribution in [0.4, 0.5) is 5.69 Å². The second-order valence-electron chi connectivity index (χ2n) is 4.90. The molecule has 0 amide bonds. The zero-order valence-electron chi connectivity index (χ0n) is 10.7. The van der Waals surface area contributed by atoms with Gasteiger partial charge in [0.1, 0.15) is 11.9 Å². The molecule has 0 spiro atoms. The number of rotatable bonds is 1. The molecule has 1 atom stereocenters. The number of fused-ring (bicyclic) bond motifs is 1. The Morgan fingerprint density at radius 2 is 1.89 bits per heavy atom. The Balaban J connectivity index is 1.90. The first kappa shape index (κ1) is 11.1. The number of aryl methyl sites for hydroxylation is 2. The Morgan fingerprint density at radius 1 is 1.06 bits per heavy atom. The van der Waals surface area contributed by atoms with Crippen LogP contribution in [0.3, 0.4) is 0 Å². The monoisotopic (exact) mass is 239 g/mol. The quantitative estimate of drug-likeness (QED) is 0.816.